The zero-order valence-corrected chi connectivity index (χ0v) is 14.2. The van der Waals surface area contributed by atoms with E-state index in [1.807, 2.05) is 48.5 Å². The summed E-state index contributed by atoms with van der Waals surface area (Å²) in [6.07, 6.45) is 1.57. The summed E-state index contributed by atoms with van der Waals surface area (Å²) in [7, 11) is 0. The Morgan fingerprint density at radius 2 is 2.00 bits per heavy atom. The summed E-state index contributed by atoms with van der Waals surface area (Å²) in [5, 5.41) is 4.91. The number of hydrogen-bond donors (Lipinski definition) is 0. The first-order valence-corrected chi connectivity index (χ1v) is 8.56. The fourth-order valence-corrected chi connectivity index (χ4v) is 3.67. The third kappa shape index (κ3) is 3.46. The summed E-state index contributed by atoms with van der Waals surface area (Å²) in [5.74, 6) is -0.332. The van der Waals surface area contributed by atoms with Crippen LogP contribution in [0.15, 0.2) is 60.0 Å². The molecule has 0 aliphatic carbocycles. The van der Waals surface area contributed by atoms with E-state index in [-0.39, 0.29) is 5.97 Å². The highest BCUT2D eigenvalue weighted by atomic mass is 35.5. The highest BCUT2D eigenvalue weighted by molar-refractivity contribution is 7.13. The molecule has 1 aromatic heterocycles. The maximum absolute atomic E-state index is 12.0. The maximum Gasteiger partial charge on any atom is 0.331 e. The van der Waals surface area contributed by atoms with Gasteiger partial charge in [-0.3, -0.25) is 0 Å². The summed E-state index contributed by atoms with van der Waals surface area (Å²) in [5.41, 5.74) is 1.85. The molecule has 3 aromatic rings. The first-order chi connectivity index (χ1) is 11.2. The number of ether oxygens (including phenoxy) is 1. The lowest BCUT2D eigenvalue weighted by molar-refractivity contribution is -0.137. The zero-order chi connectivity index (χ0) is 16.2. The molecule has 0 saturated carbocycles. The van der Waals surface area contributed by atoms with E-state index in [1.165, 1.54) is 0 Å². The number of fused-ring (bicyclic) bond motifs is 1. The second-order valence-corrected chi connectivity index (χ2v) is 6.29. The number of carbonyl (C=O) groups excluding carboxylic acids is 1. The molecule has 116 valence electrons. The van der Waals surface area contributed by atoms with Crippen LogP contribution in [0.2, 0.25) is 5.02 Å². The number of halogens is 1. The van der Waals surface area contributed by atoms with E-state index in [2.05, 4.69) is 5.38 Å². The molecule has 0 aliphatic heterocycles. The minimum Gasteiger partial charge on any atom is -0.463 e. The normalized spacial score (nSPS) is 11.7. The van der Waals surface area contributed by atoms with E-state index in [9.17, 15) is 4.79 Å². The van der Waals surface area contributed by atoms with Crippen molar-refractivity contribution in [2.75, 3.05) is 6.61 Å². The van der Waals surface area contributed by atoms with Crippen molar-refractivity contribution in [3.8, 4) is 0 Å². The Balaban J connectivity index is 2.16. The standard InChI is InChI=1S/C19H15ClO2S/c1-2-22-18(21)11-17(13-6-4-3-5-7-13)19-16-9-8-15(20)10-14(16)12-23-19/h3-12H,2H2,1H3. The van der Waals surface area contributed by atoms with Crippen molar-refractivity contribution in [2.45, 2.75) is 6.92 Å². The Bertz CT molecular complexity index is 865. The third-order valence-electron chi connectivity index (χ3n) is 3.44. The summed E-state index contributed by atoms with van der Waals surface area (Å²) in [6, 6.07) is 15.7. The Hall–Kier alpha value is -2.10. The van der Waals surface area contributed by atoms with Gasteiger partial charge in [-0.1, -0.05) is 48.0 Å². The van der Waals surface area contributed by atoms with Gasteiger partial charge in [-0.2, -0.15) is 0 Å². The molecule has 2 nitrogen and oxygen atoms in total. The van der Waals surface area contributed by atoms with Crippen molar-refractivity contribution in [3.63, 3.8) is 0 Å². The lowest BCUT2D eigenvalue weighted by Gasteiger charge is -2.07. The van der Waals surface area contributed by atoms with Crippen LogP contribution in [-0.4, -0.2) is 12.6 Å². The third-order valence-corrected chi connectivity index (χ3v) is 4.72. The topological polar surface area (TPSA) is 26.3 Å². The van der Waals surface area contributed by atoms with Crippen molar-refractivity contribution in [2.24, 2.45) is 0 Å². The molecule has 23 heavy (non-hydrogen) atoms. The molecule has 0 aliphatic rings. The summed E-state index contributed by atoms with van der Waals surface area (Å²) >= 11 is 7.67. The Labute approximate surface area is 144 Å². The lowest BCUT2D eigenvalue weighted by atomic mass is 10.0. The average molecular weight is 343 g/mol. The number of thiophene rings is 1. The lowest BCUT2D eigenvalue weighted by Crippen LogP contribution is -2.01. The van der Waals surface area contributed by atoms with Gasteiger partial charge in [0.05, 0.1) is 6.61 Å². The quantitative estimate of drug-likeness (QED) is 0.459. The van der Waals surface area contributed by atoms with Crippen molar-refractivity contribution < 1.29 is 9.53 Å². The minimum absolute atomic E-state index is 0.332. The van der Waals surface area contributed by atoms with Gasteiger partial charge in [0.15, 0.2) is 0 Å². The molecule has 0 radical (unpaired) electrons. The fourth-order valence-electron chi connectivity index (χ4n) is 2.43. The molecule has 0 bridgehead atoms. The molecule has 3 rings (SSSR count). The molecule has 0 amide bonds. The van der Waals surface area contributed by atoms with Gasteiger partial charge in [-0.15, -0.1) is 11.3 Å². The monoisotopic (exact) mass is 342 g/mol. The average Bonchev–Trinajstić information content (AvgIpc) is 2.96. The van der Waals surface area contributed by atoms with Crippen LogP contribution in [0.1, 0.15) is 17.4 Å². The maximum atomic E-state index is 12.0. The van der Waals surface area contributed by atoms with Gasteiger partial charge in [0.1, 0.15) is 0 Å². The van der Waals surface area contributed by atoms with E-state index in [4.69, 9.17) is 16.3 Å². The first-order valence-electron chi connectivity index (χ1n) is 7.30. The Morgan fingerprint density at radius 1 is 1.22 bits per heavy atom. The number of carbonyl (C=O) groups is 1. The largest absolute Gasteiger partial charge is 0.463 e. The molecule has 0 fully saturated rings. The summed E-state index contributed by atoms with van der Waals surface area (Å²) < 4.78 is 5.09. The van der Waals surface area contributed by atoms with Crippen LogP contribution in [0.5, 0.6) is 0 Å². The second kappa shape index (κ2) is 6.99. The smallest absolute Gasteiger partial charge is 0.331 e. The van der Waals surface area contributed by atoms with Crippen LogP contribution in [-0.2, 0) is 9.53 Å². The molecular weight excluding hydrogens is 328 g/mol. The van der Waals surface area contributed by atoms with Gasteiger partial charge in [0.25, 0.3) is 0 Å². The predicted molar refractivity (Wildman–Crippen MR) is 97.0 cm³/mol. The Kier molecular flexibility index (Phi) is 4.79. The first kappa shape index (κ1) is 15.8. The molecule has 0 unspecified atom stereocenters. The van der Waals surface area contributed by atoms with Crippen molar-refractivity contribution in [1.29, 1.82) is 0 Å². The number of hydrogen-bond acceptors (Lipinski definition) is 3. The molecule has 0 saturated heterocycles. The molecule has 0 N–H and O–H groups in total. The number of rotatable bonds is 4. The van der Waals surface area contributed by atoms with Crippen molar-refractivity contribution in [3.05, 3.63) is 75.5 Å². The molecular formula is C19H15ClO2S. The Morgan fingerprint density at radius 3 is 2.74 bits per heavy atom. The van der Waals surface area contributed by atoms with E-state index in [0.29, 0.717) is 11.6 Å². The van der Waals surface area contributed by atoms with E-state index in [0.717, 1.165) is 26.8 Å². The fraction of sp³-hybridized carbons (Fsp3) is 0.105. The van der Waals surface area contributed by atoms with Gasteiger partial charge >= 0.3 is 5.97 Å². The van der Waals surface area contributed by atoms with Gasteiger partial charge < -0.3 is 4.74 Å². The second-order valence-electron chi connectivity index (χ2n) is 4.97. The minimum atomic E-state index is -0.332. The molecule has 2 aromatic carbocycles. The highest BCUT2D eigenvalue weighted by Crippen LogP contribution is 2.36. The van der Waals surface area contributed by atoms with Gasteiger partial charge in [0.2, 0.25) is 0 Å². The molecule has 0 atom stereocenters. The van der Waals surface area contributed by atoms with Gasteiger partial charge in [-0.05, 0) is 35.4 Å². The number of benzene rings is 2. The van der Waals surface area contributed by atoms with E-state index < -0.39 is 0 Å². The van der Waals surface area contributed by atoms with Crippen LogP contribution in [0.4, 0.5) is 0 Å². The summed E-state index contributed by atoms with van der Waals surface area (Å²) in [4.78, 5) is 13.0. The zero-order valence-electron chi connectivity index (χ0n) is 12.6. The molecule has 4 heteroatoms. The number of esters is 1. The van der Waals surface area contributed by atoms with Crippen LogP contribution >= 0.6 is 22.9 Å². The van der Waals surface area contributed by atoms with E-state index >= 15 is 0 Å². The molecule has 0 spiro atoms. The van der Waals surface area contributed by atoms with E-state index in [1.54, 1.807) is 24.3 Å². The van der Waals surface area contributed by atoms with Crippen LogP contribution < -0.4 is 0 Å². The van der Waals surface area contributed by atoms with Crippen LogP contribution in [0.3, 0.4) is 0 Å². The van der Waals surface area contributed by atoms with Crippen molar-refractivity contribution in [1.82, 2.24) is 0 Å². The SMILES string of the molecule is CCOC(=O)C=C(c1ccccc1)c1scc2cc(Cl)ccc12. The van der Waals surface area contributed by atoms with Gasteiger partial charge in [0, 0.05) is 26.9 Å². The predicted octanol–water partition coefficient (Wildman–Crippen LogP) is 5.55. The highest BCUT2D eigenvalue weighted by Gasteiger charge is 2.13. The molecule has 1 heterocycles. The van der Waals surface area contributed by atoms with Crippen LogP contribution in [0, 0.1) is 0 Å². The van der Waals surface area contributed by atoms with Gasteiger partial charge in [-0.25, -0.2) is 4.79 Å². The van der Waals surface area contributed by atoms with Crippen LogP contribution in [0.25, 0.3) is 16.3 Å². The summed E-state index contributed by atoms with van der Waals surface area (Å²) in [6.45, 7) is 2.16. The van der Waals surface area contributed by atoms with Crippen molar-refractivity contribution >= 4 is 45.3 Å².